The molecule has 0 heterocycles. The van der Waals surface area contributed by atoms with Gasteiger partial charge in [-0.15, -0.1) is 0 Å². The van der Waals surface area contributed by atoms with Crippen molar-refractivity contribution in [3.05, 3.63) is 65.0 Å². The molecule has 0 unspecified atom stereocenters. The number of aryl methyl sites for hydroxylation is 1. The zero-order valence-corrected chi connectivity index (χ0v) is 11.0. The Morgan fingerprint density at radius 3 is 2.43 bits per heavy atom. The third-order valence-corrected chi connectivity index (χ3v) is 2.89. The molecular formula is C15H11F4NO. The molecule has 21 heavy (non-hydrogen) atoms. The molecule has 2 nitrogen and oxygen atoms in total. The van der Waals surface area contributed by atoms with Gasteiger partial charge in [-0.3, -0.25) is 4.79 Å². The number of alkyl halides is 3. The third kappa shape index (κ3) is 3.59. The molecule has 0 saturated heterocycles. The van der Waals surface area contributed by atoms with Crippen LogP contribution in [0.15, 0.2) is 42.5 Å². The second-order valence-corrected chi connectivity index (χ2v) is 4.49. The largest absolute Gasteiger partial charge is 0.416 e. The van der Waals surface area contributed by atoms with Gasteiger partial charge in [0, 0.05) is 11.3 Å². The minimum absolute atomic E-state index is 0.00202. The van der Waals surface area contributed by atoms with Crippen LogP contribution >= 0.6 is 0 Å². The summed E-state index contributed by atoms with van der Waals surface area (Å²) in [6.07, 6.45) is -4.50. The normalized spacial score (nSPS) is 11.3. The second kappa shape index (κ2) is 5.55. The highest BCUT2D eigenvalue weighted by molar-refractivity contribution is 6.04. The predicted molar refractivity (Wildman–Crippen MR) is 70.5 cm³/mol. The average Bonchev–Trinajstić information content (AvgIpc) is 2.39. The Hall–Kier alpha value is -2.37. The number of halogens is 4. The summed E-state index contributed by atoms with van der Waals surface area (Å²) in [5, 5.41) is 2.32. The maximum Gasteiger partial charge on any atom is 0.416 e. The van der Waals surface area contributed by atoms with Crippen molar-refractivity contribution in [1.82, 2.24) is 0 Å². The fourth-order valence-corrected chi connectivity index (χ4v) is 1.84. The van der Waals surface area contributed by atoms with Crippen LogP contribution in [0.1, 0.15) is 21.5 Å². The lowest BCUT2D eigenvalue weighted by Crippen LogP contribution is -2.14. The van der Waals surface area contributed by atoms with Gasteiger partial charge in [-0.05, 0) is 42.8 Å². The Balaban J connectivity index is 2.26. The number of anilines is 1. The van der Waals surface area contributed by atoms with Crippen LogP contribution < -0.4 is 5.32 Å². The molecule has 0 aromatic heterocycles. The van der Waals surface area contributed by atoms with Crippen molar-refractivity contribution >= 4 is 11.6 Å². The lowest BCUT2D eigenvalue weighted by atomic mass is 10.1. The van der Waals surface area contributed by atoms with E-state index < -0.39 is 23.5 Å². The van der Waals surface area contributed by atoms with Crippen molar-refractivity contribution < 1.29 is 22.4 Å². The Kier molecular flexibility index (Phi) is 3.97. The number of amides is 1. The number of rotatable bonds is 2. The molecule has 0 fully saturated rings. The van der Waals surface area contributed by atoms with Gasteiger partial charge in [-0.25, -0.2) is 4.39 Å². The molecule has 2 aromatic carbocycles. The highest BCUT2D eigenvalue weighted by Gasteiger charge is 2.32. The van der Waals surface area contributed by atoms with Gasteiger partial charge in [-0.1, -0.05) is 12.1 Å². The van der Waals surface area contributed by atoms with Crippen LogP contribution in [0.25, 0.3) is 0 Å². The molecule has 0 aliphatic heterocycles. The smallest absolute Gasteiger partial charge is 0.322 e. The molecule has 2 rings (SSSR count). The predicted octanol–water partition coefficient (Wildman–Crippen LogP) is 4.41. The van der Waals surface area contributed by atoms with Crippen LogP contribution in [0.3, 0.4) is 0 Å². The monoisotopic (exact) mass is 297 g/mol. The number of benzene rings is 2. The highest BCUT2D eigenvalue weighted by Crippen LogP contribution is 2.33. The minimum atomic E-state index is -4.50. The van der Waals surface area contributed by atoms with E-state index in [2.05, 4.69) is 5.32 Å². The van der Waals surface area contributed by atoms with Gasteiger partial charge in [0.1, 0.15) is 5.82 Å². The first-order valence-corrected chi connectivity index (χ1v) is 6.02. The van der Waals surface area contributed by atoms with E-state index in [0.29, 0.717) is 0 Å². The quantitative estimate of drug-likeness (QED) is 0.818. The first-order valence-electron chi connectivity index (χ1n) is 6.02. The van der Waals surface area contributed by atoms with Crippen LogP contribution in [0.4, 0.5) is 23.2 Å². The van der Waals surface area contributed by atoms with Gasteiger partial charge in [0.2, 0.25) is 0 Å². The molecular weight excluding hydrogens is 286 g/mol. The molecule has 0 aliphatic carbocycles. The summed E-state index contributed by atoms with van der Waals surface area (Å²) in [6.45, 7) is 1.33. The van der Waals surface area contributed by atoms with Crippen LogP contribution in [0.5, 0.6) is 0 Å². The third-order valence-electron chi connectivity index (χ3n) is 2.89. The van der Waals surface area contributed by atoms with Gasteiger partial charge in [0.05, 0.1) is 5.56 Å². The zero-order valence-electron chi connectivity index (χ0n) is 11.0. The van der Waals surface area contributed by atoms with Gasteiger partial charge < -0.3 is 5.32 Å². The lowest BCUT2D eigenvalue weighted by molar-refractivity contribution is -0.138. The summed E-state index contributed by atoms with van der Waals surface area (Å²) in [5.74, 6) is -1.27. The summed E-state index contributed by atoms with van der Waals surface area (Å²) in [6, 6.07) is 8.38. The van der Waals surface area contributed by atoms with E-state index in [1.54, 1.807) is 0 Å². The Labute approximate surface area is 118 Å². The molecule has 110 valence electrons. The van der Waals surface area contributed by atoms with E-state index in [-0.39, 0.29) is 16.8 Å². The molecule has 2 aromatic rings. The SMILES string of the molecule is Cc1ccc(NC(=O)c2cccc(F)c2)cc1C(F)(F)F. The first-order chi connectivity index (χ1) is 9.77. The van der Waals surface area contributed by atoms with Crippen molar-refractivity contribution in [2.45, 2.75) is 13.1 Å². The highest BCUT2D eigenvalue weighted by atomic mass is 19.4. The van der Waals surface area contributed by atoms with Crippen molar-refractivity contribution in [2.24, 2.45) is 0 Å². The van der Waals surface area contributed by atoms with Crippen LogP contribution in [-0.2, 0) is 6.18 Å². The molecule has 0 radical (unpaired) electrons. The fourth-order valence-electron chi connectivity index (χ4n) is 1.84. The zero-order chi connectivity index (χ0) is 15.6. The second-order valence-electron chi connectivity index (χ2n) is 4.49. The maximum atomic E-state index is 13.0. The van der Waals surface area contributed by atoms with E-state index in [1.807, 2.05) is 0 Å². The van der Waals surface area contributed by atoms with Gasteiger partial charge in [-0.2, -0.15) is 13.2 Å². The number of nitrogens with one attached hydrogen (secondary N) is 1. The van der Waals surface area contributed by atoms with Gasteiger partial charge in [0.15, 0.2) is 0 Å². The Morgan fingerprint density at radius 1 is 1.10 bits per heavy atom. The topological polar surface area (TPSA) is 29.1 Å². The van der Waals surface area contributed by atoms with Crippen LogP contribution in [0.2, 0.25) is 0 Å². The van der Waals surface area contributed by atoms with E-state index >= 15 is 0 Å². The molecule has 0 saturated carbocycles. The molecule has 0 aliphatic rings. The maximum absolute atomic E-state index is 13.0. The molecule has 0 spiro atoms. The summed E-state index contributed by atoms with van der Waals surface area (Å²) in [4.78, 5) is 11.9. The molecule has 1 N–H and O–H groups in total. The first kappa shape index (κ1) is 15.0. The van der Waals surface area contributed by atoms with Crippen LogP contribution in [-0.4, -0.2) is 5.91 Å². The van der Waals surface area contributed by atoms with Crippen molar-refractivity contribution in [3.63, 3.8) is 0 Å². The summed E-state index contributed by atoms with van der Waals surface area (Å²) < 4.78 is 51.3. The van der Waals surface area contributed by atoms with E-state index in [1.165, 1.54) is 37.3 Å². The van der Waals surface area contributed by atoms with E-state index in [0.717, 1.165) is 12.1 Å². The summed E-state index contributed by atoms with van der Waals surface area (Å²) in [5.41, 5.74) is -0.725. The number of carbonyl (C=O) groups excluding carboxylic acids is 1. The molecule has 1 amide bonds. The minimum Gasteiger partial charge on any atom is -0.322 e. The van der Waals surface area contributed by atoms with Crippen LogP contribution in [0, 0.1) is 12.7 Å². The Morgan fingerprint density at radius 2 is 1.81 bits per heavy atom. The Bertz CT molecular complexity index is 680. The number of hydrogen-bond acceptors (Lipinski definition) is 1. The van der Waals surface area contributed by atoms with Gasteiger partial charge >= 0.3 is 6.18 Å². The van der Waals surface area contributed by atoms with E-state index in [9.17, 15) is 22.4 Å². The lowest BCUT2D eigenvalue weighted by Gasteiger charge is -2.12. The average molecular weight is 297 g/mol. The van der Waals surface area contributed by atoms with Gasteiger partial charge in [0.25, 0.3) is 5.91 Å². The van der Waals surface area contributed by atoms with Crippen molar-refractivity contribution in [3.8, 4) is 0 Å². The standard InChI is InChI=1S/C15H11F4NO/c1-9-5-6-12(8-13(9)15(17,18)19)20-14(21)10-3-2-4-11(16)7-10/h2-8H,1H3,(H,20,21). The molecule has 0 atom stereocenters. The number of hydrogen-bond donors (Lipinski definition) is 1. The summed E-state index contributed by atoms with van der Waals surface area (Å²) in [7, 11) is 0. The molecule has 6 heteroatoms. The van der Waals surface area contributed by atoms with Crippen molar-refractivity contribution in [1.29, 1.82) is 0 Å². The van der Waals surface area contributed by atoms with E-state index in [4.69, 9.17) is 0 Å². The fraction of sp³-hybridized carbons (Fsp3) is 0.133. The van der Waals surface area contributed by atoms with Crippen molar-refractivity contribution in [2.75, 3.05) is 5.32 Å². The number of carbonyl (C=O) groups is 1. The molecule has 0 bridgehead atoms. The summed E-state index contributed by atoms with van der Waals surface area (Å²) >= 11 is 0.